The van der Waals surface area contributed by atoms with Crippen molar-refractivity contribution in [3.8, 4) is 0 Å². The lowest BCUT2D eigenvalue weighted by molar-refractivity contribution is -0.137. The number of halogens is 3. The molecule has 0 saturated carbocycles. The number of amides is 1. The van der Waals surface area contributed by atoms with E-state index in [1.807, 2.05) is 12.1 Å². The Morgan fingerprint density at radius 3 is 2.46 bits per heavy atom. The van der Waals surface area contributed by atoms with Crippen molar-refractivity contribution in [2.45, 2.75) is 17.5 Å². The number of anilines is 2. The Balaban J connectivity index is 1.44. The van der Waals surface area contributed by atoms with E-state index in [1.165, 1.54) is 34.6 Å². The first kappa shape index (κ1) is 24.3. The third-order valence-electron chi connectivity index (χ3n) is 5.34. The Morgan fingerprint density at radius 2 is 1.69 bits per heavy atom. The highest BCUT2D eigenvalue weighted by molar-refractivity contribution is 7.92. The lowest BCUT2D eigenvalue weighted by atomic mass is 10.1. The SMILES string of the molecule is O=C(COC(=O)c1cccc(S(=O)(=O)N2CCc3ccccc32)c1)Nc1ccccc1C(F)(F)F. The summed E-state index contributed by atoms with van der Waals surface area (Å²) in [5.74, 6) is -1.98. The summed E-state index contributed by atoms with van der Waals surface area (Å²) in [7, 11) is -3.96. The maximum absolute atomic E-state index is 13.2. The number of alkyl halides is 3. The van der Waals surface area contributed by atoms with Crippen LogP contribution in [-0.4, -0.2) is 33.4 Å². The Bertz CT molecular complexity index is 1390. The van der Waals surface area contributed by atoms with Gasteiger partial charge < -0.3 is 10.1 Å². The van der Waals surface area contributed by atoms with Crippen LogP contribution in [0.1, 0.15) is 21.5 Å². The van der Waals surface area contributed by atoms with Crippen molar-refractivity contribution in [1.29, 1.82) is 0 Å². The Hall–Kier alpha value is -3.86. The van der Waals surface area contributed by atoms with E-state index in [1.54, 1.807) is 12.1 Å². The van der Waals surface area contributed by atoms with E-state index in [2.05, 4.69) is 5.32 Å². The molecule has 1 aliphatic heterocycles. The molecule has 1 amide bonds. The number of nitrogens with one attached hydrogen (secondary N) is 1. The number of benzene rings is 3. The summed E-state index contributed by atoms with van der Waals surface area (Å²) in [6.45, 7) is -0.600. The van der Waals surface area contributed by atoms with Crippen molar-refractivity contribution in [2.24, 2.45) is 0 Å². The third-order valence-corrected chi connectivity index (χ3v) is 7.15. The van der Waals surface area contributed by atoms with Gasteiger partial charge in [-0.15, -0.1) is 0 Å². The van der Waals surface area contributed by atoms with E-state index in [0.717, 1.165) is 23.8 Å². The number of carbonyl (C=O) groups is 2. The van der Waals surface area contributed by atoms with Gasteiger partial charge in [0.2, 0.25) is 0 Å². The summed E-state index contributed by atoms with van der Waals surface area (Å²) in [5, 5.41) is 2.07. The number of hydrogen-bond acceptors (Lipinski definition) is 5. The average molecular weight is 504 g/mol. The molecule has 1 N–H and O–H groups in total. The maximum atomic E-state index is 13.2. The van der Waals surface area contributed by atoms with Gasteiger partial charge >= 0.3 is 12.1 Å². The Labute approximate surface area is 199 Å². The smallest absolute Gasteiger partial charge is 0.418 e. The standard InChI is InChI=1S/C24H19F3N2O5S/c25-24(26,27)19-9-2-3-10-20(19)28-22(30)15-34-23(31)17-7-5-8-18(14-17)35(32,33)29-13-12-16-6-1-4-11-21(16)29/h1-11,14H,12-13,15H2,(H,28,30). The molecular weight excluding hydrogens is 485 g/mol. The second kappa shape index (κ2) is 9.41. The molecule has 1 heterocycles. The normalized spacial score (nSPS) is 13.3. The average Bonchev–Trinajstić information content (AvgIpc) is 3.27. The fourth-order valence-electron chi connectivity index (χ4n) is 3.71. The first-order valence-electron chi connectivity index (χ1n) is 10.4. The van der Waals surface area contributed by atoms with Crippen molar-refractivity contribution in [2.75, 3.05) is 22.8 Å². The highest BCUT2D eigenvalue weighted by Gasteiger charge is 2.34. The van der Waals surface area contributed by atoms with E-state index < -0.39 is 45.9 Å². The molecule has 1 aliphatic rings. The van der Waals surface area contributed by atoms with Gasteiger partial charge in [-0.25, -0.2) is 13.2 Å². The molecule has 0 atom stereocenters. The highest BCUT2D eigenvalue weighted by atomic mass is 32.2. The summed E-state index contributed by atoms with van der Waals surface area (Å²) >= 11 is 0. The van der Waals surface area contributed by atoms with Crippen molar-refractivity contribution < 1.29 is 35.9 Å². The molecule has 0 fully saturated rings. The van der Waals surface area contributed by atoms with Crippen LogP contribution in [0.25, 0.3) is 0 Å². The van der Waals surface area contributed by atoms with Gasteiger partial charge in [-0.2, -0.15) is 13.2 Å². The van der Waals surface area contributed by atoms with E-state index in [9.17, 15) is 31.2 Å². The molecule has 11 heteroatoms. The molecule has 35 heavy (non-hydrogen) atoms. The quantitative estimate of drug-likeness (QED) is 0.507. The highest BCUT2D eigenvalue weighted by Crippen LogP contribution is 2.35. The van der Waals surface area contributed by atoms with Crippen LogP contribution >= 0.6 is 0 Å². The minimum absolute atomic E-state index is 0.123. The number of para-hydroxylation sites is 2. The second-order valence-electron chi connectivity index (χ2n) is 7.65. The summed E-state index contributed by atoms with van der Waals surface area (Å²) < 4.78 is 71.7. The molecule has 7 nitrogen and oxygen atoms in total. The largest absolute Gasteiger partial charge is 0.452 e. The van der Waals surface area contributed by atoms with Crippen LogP contribution in [0.5, 0.6) is 0 Å². The van der Waals surface area contributed by atoms with Gasteiger partial charge in [-0.3, -0.25) is 9.10 Å². The number of fused-ring (bicyclic) bond motifs is 1. The predicted octanol–water partition coefficient (Wildman–Crippen LogP) is 4.25. The van der Waals surface area contributed by atoms with Crippen molar-refractivity contribution in [3.05, 3.63) is 89.5 Å². The molecular formula is C24H19F3N2O5S. The van der Waals surface area contributed by atoms with Gasteiger partial charge in [-0.05, 0) is 48.4 Å². The summed E-state index contributed by atoms with van der Waals surface area (Å²) in [5.41, 5.74) is -0.177. The monoisotopic (exact) mass is 504 g/mol. The molecule has 0 bridgehead atoms. The molecule has 182 valence electrons. The van der Waals surface area contributed by atoms with Crippen molar-refractivity contribution in [3.63, 3.8) is 0 Å². The third kappa shape index (κ3) is 5.14. The lowest BCUT2D eigenvalue weighted by Crippen LogP contribution is -2.29. The lowest BCUT2D eigenvalue weighted by Gasteiger charge is -2.19. The van der Waals surface area contributed by atoms with Gasteiger partial charge in [0.1, 0.15) is 0 Å². The van der Waals surface area contributed by atoms with Gasteiger partial charge in [0, 0.05) is 6.54 Å². The van der Waals surface area contributed by atoms with Crippen molar-refractivity contribution in [1.82, 2.24) is 0 Å². The van der Waals surface area contributed by atoms with Crippen LogP contribution in [0.3, 0.4) is 0 Å². The maximum Gasteiger partial charge on any atom is 0.418 e. The summed E-state index contributed by atoms with van der Waals surface area (Å²) in [4.78, 5) is 24.4. The number of rotatable bonds is 6. The summed E-state index contributed by atoms with van der Waals surface area (Å²) in [6, 6.07) is 16.7. The first-order valence-corrected chi connectivity index (χ1v) is 11.9. The van der Waals surface area contributed by atoms with Gasteiger partial charge in [0.25, 0.3) is 15.9 Å². The number of ether oxygens (including phenoxy) is 1. The molecule has 0 aliphatic carbocycles. The van der Waals surface area contributed by atoms with Crippen LogP contribution in [-0.2, 0) is 32.2 Å². The number of esters is 1. The van der Waals surface area contributed by atoms with Crippen LogP contribution < -0.4 is 9.62 Å². The van der Waals surface area contributed by atoms with E-state index in [4.69, 9.17) is 4.74 Å². The summed E-state index contributed by atoms with van der Waals surface area (Å²) in [6.07, 6.45) is -4.12. The fraction of sp³-hybridized carbons (Fsp3) is 0.167. The van der Waals surface area contributed by atoms with E-state index in [0.29, 0.717) is 12.1 Å². The Kier molecular flexibility index (Phi) is 6.53. The number of hydrogen-bond donors (Lipinski definition) is 1. The zero-order valence-electron chi connectivity index (χ0n) is 18.1. The van der Waals surface area contributed by atoms with E-state index in [-0.39, 0.29) is 17.0 Å². The second-order valence-corrected chi connectivity index (χ2v) is 9.51. The van der Waals surface area contributed by atoms with Crippen LogP contribution in [0.15, 0.2) is 77.7 Å². The molecule has 0 saturated heterocycles. The molecule has 3 aromatic rings. The molecule has 0 spiro atoms. The molecule has 3 aromatic carbocycles. The minimum Gasteiger partial charge on any atom is -0.452 e. The minimum atomic E-state index is -4.68. The zero-order chi connectivity index (χ0) is 25.2. The first-order chi connectivity index (χ1) is 16.6. The van der Waals surface area contributed by atoms with Crippen LogP contribution in [0.4, 0.5) is 24.5 Å². The molecule has 0 unspecified atom stereocenters. The molecule has 0 radical (unpaired) electrons. The van der Waals surface area contributed by atoms with Gasteiger partial charge in [-0.1, -0.05) is 36.4 Å². The molecule has 0 aromatic heterocycles. The Morgan fingerprint density at radius 1 is 0.971 bits per heavy atom. The fourth-order valence-corrected chi connectivity index (χ4v) is 5.26. The van der Waals surface area contributed by atoms with Gasteiger partial charge in [0.05, 0.1) is 27.4 Å². The zero-order valence-corrected chi connectivity index (χ0v) is 18.9. The van der Waals surface area contributed by atoms with Crippen LogP contribution in [0.2, 0.25) is 0 Å². The number of sulfonamides is 1. The van der Waals surface area contributed by atoms with Gasteiger partial charge in [0.15, 0.2) is 6.61 Å². The topological polar surface area (TPSA) is 92.8 Å². The van der Waals surface area contributed by atoms with Crippen molar-refractivity contribution >= 4 is 33.3 Å². The van der Waals surface area contributed by atoms with E-state index >= 15 is 0 Å². The number of nitrogens with zero attached hydrogens (tertiary/aromatic N) is 1. The predicted molar refractivity (Wildman–Crippen MR) is 121 cm³/mol. The van der Waals surface area contributed by atoms with Crippen LogP contribution in [0, 0.1) is 0 Å². The molecule has 4 rings (SSSR count). The number of carbonyl (C=O) groups excluding carboxylic acids is 2.